The van der Waals surface area contributed by atoms with Gasteiger partial charge in [0.05, 0.1) is 22.1 Å². The molecule has 13 nitrogen and oxygen atoms in total. The fraction of sp³-hybridized carbons (Fsp3) is 0.474. The Balaban J connectivity index is 2.41. The normalized spacial score (nSPS) is 24.3. The second-order valence-electron chi connectivity index (χ2n) is 6.89. The maximum atomic E-state index is 12.8. The summed E-state index contributed by atoms with van der Waals surface area (Å²) in [5, 5.41) is 22.7. The fourth-order valence-electron chi connectivity index (χ4n) is 3.17. The van der Waals surface area contributed by atoms with Crippen molar-refractivity contribution in [3.05, 3.63) is 38.9 Å². The van der Waals surface area contributed by atoms with E-state index in [4.69, 9.17) is 30.5 Å². The van der Waals surface area contributed by atoms with E-state index in [2.05, 4.69) is 5.32 Å². The third-order valence-electron chi connectivity index (χ3n) is 4.40. The lowest BCUT2D eigenvalue weighted by Gasteiger charge is -2.44. The molecule has 2 rings (SSSR count). The first-order valence-corrected chi connectivity index (χ1v) is 9.85. The molecule has 1 aromatic rings. The number of amides is 1. The molecule has 0 saturated carbocycles. The zero-order valence-electron chi connectivity index (χ0n) is 17.7. The Bertz CT molecular complexity index is 954. The summed E-state index contributed by atoms with van der Waals surface area (Å²) in [6, 6.07) is 3.13. The number of non-ortho nitro benzene ring substituents is 1. The highest BCUT2D eigenvalue weighted by Gasteiger charge is 2.52. The number of nitrogens with one attached hydrogen (secondary N) is 1. The molecule has 0 bridgehead atoms. The number of nitro groups is 1. The van der Waals surface area contributed by atoms with E-state index < -0.39 is 66.0 Å². The van der Waals surface area contributed by atoms with Crippen LogP contribution in [0.25, 0.3) is 0 Å². The quantitative estimate of drug-likeness (QED) is 0.236. The number of aliphatic hydroxyl groups excluding tert-OH is 1. The van der Waals surface area contributed by atoms with Crippen LogP contribution >= 0.6 is 11.6 Å². The Morgan fingerprint density at radius 1 is 1.06 bits per heavy atom. The van der Waals surface area contributed by atoms with Gasteiger partial charge < -0.3 is 29.4 Å². The number of hydrogen-bond donors (Lipinski definition) is 2. The molecule has 0 radical (unpaired) electrons. The van der Waals surface area contributed by atoms with Gasteiger partial charge in [-0.05, 0) is 6.07 Å². The number of nitro benzene ring substituents is 1. The highest BCUT2D eigenvalue weighted by molar-refractivity contribution is 6.34. The first kappa shape index (κ1) is 26.0. The summed E-state index contributed by atoms with van der Waals surface area (Å²) in [6.45, 7) is 2.47. The lowest BCUT2D eigenvalue weighted by molar-refractivity contribution is -0.384. The summed E-state index contributed by atoms with van der Waals surface area (Å²) >= 11 is 5.98. The Labute approximate surface area is 192 Å². The molecule has 1 heterocycles. The third-order valence-corrected chi connectivity index (χ3v) is 4.71. The van der Waals surface area contributed by atoms with Gasteiger partial charge in [0.2, 0.25) is 0 Å². The van der Waals surface area contributed by atoms with Crippen LogP contribution in [0, 0.1) is 10.1 Å². The number of halogens is 1. The van der Waals surface area contributed by atoms with Crippen molar-refractivity contribution in [2.24, 2.45) is 0 Å². The fourth-order valence-corrected chi connectivity index (χ4v) is 3.43. The molecule has 1 aliphatic heterocycles. The molecule has 0 unspecified atom stereocenters. The van der Waals surface area contributed by atoms with Crippen LogP contribution in [0.5, 0.6) is 0 Å². The highest BCUT2D eigenvalue weighted by atomic mass is 35.5. The molecule has 0 aromatic heterocycles. The van der Waals surface area contributed by atoms with Gasteiger partial charge in [-0.1, -0.05) is 11.6 Å². The van der Waals surface area contributed by atoms with Crippen molar-refractivity contribution in [2.45, 2.75) is 51.4 Å². The van der Waals surface area contributed by atoms with Crippen molar-refractivity contribution >= 4 is 41.1 Å². The van der Waals surface area contributed by atoms with Gasteiger partial charge in [0, 0.05) is 32.9 Å². The zero-order valence-corrected chi connectivity index (χ0v) is 18.4. The van der Waals surface area contributed by atoms with E-state index in [1.54, 1.807) is 0 Å². The van der Waals surface area contributed by atoms with Crippen LogP contribution in [-0.2, 0) is 33.3 Å². The molecule has 0 aliphatic carbocycles. The Morgan fingerprint density at radius 3 is 2.09 bits per heavy atom. The SMILES string of the molecule is CC(=O)O[C@@H]1[C@@H](OC(C)=O)[C@H](NC(=O)c2ccc([N+](=O)[O-])cc2Cl)O[C@H](CO)[C@H]1OC(C)=O. The maximum Gasteiger partial charge on any atom is 0.303 e. The third kappa shape index (κ3) is 6.60. The average molecular weight is 489 g/mol. The molecule has 1 fully saturated rings. The Kier molecular flexibility index (Phi) is 8.68. The minimum Gasteiger partial charge on any atom is -0.456 e. The van der Waals surface area contributed by atoms with Crippen LogP contribution in [-0.4, -0.2) is 71.1 Å². The average Bonchev–Trinajstić information content (AvgIpc) is 2.70. The number of rotatable bonds is 7. The van der Waals surface area contributed by atoms with E-state index in [-0.39, 0.29) is 16.3 Å². The van der Waals surface area contributed by atoms with Crippen molar-refractivity contribution in [1.29, 1.82) is 0 Å². The smallest absolute Gasteiger partial charge is 0.303 e. The summed E-state index contributed by atoms with van der Waals surface area (Å²) in [4.78, 5) is 57.9. The zero-order chi connectivity index (χ0) is 24.9. The maximum absolute atomic E-state index is 12.8. The number of benzene rings is 1. The van der Waals surface area contributed by atoms with Gasteiger partial charge in [0.15, 0.2) is 24.5 Å². The van der Waals surface area contributed by atoms with Crippen LogP contribution in [0.3, 0.4) is 0 Å². The van der Waals surface area contributed by atoms with Crippen LogP contribution in [0.1, 0.15) is 31.1 Å². The Hall–Kier alpha value is -3.29. The van der Waals surface area contributed by atoms with E-state index in [0.29, 0.717) is 0 Å². The van der Waals surface area contributed by atoms with Gasteiger partial charge in [0.25, 0.3) is 11.6 Å². The molecule has 14 heteroatoms. The molecule has 1 aromatic carbocycles. The van der Waals surface area contributed by atoms with E-state index in [1.165, 1.54) is 0 Å². The number of esters is 3. The lowest BCUT2D eigenvalue weighted by atomic mass is 9.97. The number of carbonyl (C=O) groups excluding carboxylic acids is 4. The minimum atomic E-state index is -1.49. The first-order chi connectivity index (χ1) is 15.4. The van der Waals surface area contributed by atoms with Crippen molar-refractivity contribution in [3.8, 4) is 0 Å². The topological polar surface area (TPSA) is 181 Å². The summed E-state index contributed by atoms with van der Waals surface area (Å²) in [5.41, 5.74) is -0.512. The molecule has 1 aliphatic rings. The molecule has 33 heavy (non-hydrogen) atoms. The summed E-state index contributed by atoms with van der Waals surface area (Å²) in [7, 11) is 0. The summed E-state index contributed by atoms with van der Waals surface area (Å²) < 4.78 is 21.1. The number of hydrogen-bond acceptors (Lipinski definition) is 11. The standard InChI is InChI=1S/C19H21ClN2O11/c1-8(24)30-15-14(7-23)33-19(17(32-10(3)26)16(15)31-9(2)25)21-18(27)12-5-4-11(22(28)29)6-13(12)20/h4-6,14-17,19,23H,7H2,1-3H3,(H,21,27)/t14-,15-,16+,17-,19-/m1/s1. The van der Waals surface area contributed by atoms with Crippen molar-refractivity contribution in [2.75, 3.05) is 6.61 Å². The van der Waals surface area contributed by atoms with E-state index in [9.17, 15) is 34.4 Å². The molecular weight excluding hydrogens is 468 g/mol. The van der Waals surface area contributed by atoms with Gasteiger partial charge in [-0.15, -0.1) is 0 Å². The van der Waals surface area contributed by atoms with Crippen molar-refractivity contribution in [1.82, 2.24) is 5.32 Å². The molecular formula is C19H21ClN2O11. The first-order valence-electron chi connectivity index (χ1n) is 9.47. The molecule has 0 spiro atoms. The molecule has 1 amide bonds. The van der Waals surface area contributed by atoms with Crippen molar-refractivity contribution < 1.29 is 48.2 Å². The second kappa shape index (κ2) is 11.0. The van der Waals surface area contributed by atoms with Crippen LogP contribution < -0.4 is 5.32 Å². The molecule has 1 saturated heterocycles. The number of aliphatic hydroxyl groups is 1. The van der Waals surface area contributed by atoms with E-state index in [0.717, 1.165) is 39.0 Å². The minimum absolute atomic E-state index is 0.167. The second-order valence-corrected chi connectivity index (χ2v) is 7.30. The Morgan fingerprint density at radius 2 is 1.61 bits per heavy atom. The van der Waals surface area contributed by atoms with Gasteiger partial charge in [-0.25, -0.2) is 0 Å². The molecule has 180 valence electrons. The van der Waals surface area contributed by atoms with Gasteiger partial charge in [-0.2, -0.15) is 0 Å². The van der Waals surface area contributed by atoms with E-state index in [1.807, 2.05) is 0 Å². The lowest BCUT2D eigenvalue weighted by Crippen LogP contribution is -2.66. The van der Waals surface area contributed by atoms with Crippen LogP contribution in [0.2, 0.25) is 5.02 Å². The van der Waals surface area contributed by atoms with Gasteiger partial charge in [0.1, 0.15) is 6.10 Å². The summed E-state index contributed by atoms with van der Waals surface area (Å²) in [5.74, 6) is -3.32. The van der Waals surface area contributed by atoms with Crippen LogP contribution in [0.15, 0.2) is 18.2 Å². The highest BCUT2D eigenvalue weighted by Crippen LogP contribution is 2.29. The number of ether oxygens (including phenoxy) is 4. The number of carbonyl (C=O) groups is 4. The van der Waals surface area contributed by atoms with Crippen molar-refractivity contribution in [3.63, 3.8) is 0 Å². The molecule has 2 N–H and O–H groups in total. The predicted molar refractivity (Wildman–Crippen MR) is 108 cm³/mol. The van der Waals surface area contributed by atoms with Crippen LogP contribution in [0.4, 0.5) is 5.69 Å². The van der Waals surface area contributed by atoms with E-state index >= 15 is 0 Å². The summed E-state index contributed by atoms with van der Waals surface area (Å²) in [6.07, 6.45) is -7.06. The largest absolute Gasteiger partial charge is 0.456 e. The van der Waals surface area contributed by atoms with Gasteiger partial charge in [-0.3, -0.25) is 29.3 Å². The number of nitrogens with zero attached hydrogens (tertiary/aromatic N) is 1. The molecule has 5 atom stereocenters. The monoisotopic (exact) mass is 488 g/mol. The van der Waals surface area contributed by atoms with Gasteiger partial charge >= 0.3 is 17.9 Å². The predicted octanol–water partition coefficient (Wildman–Crippen LogP) is 0.490.